The van der Waals surface area contributed by atoms with Crippen LogP contribution in [0.15, 0.2) is 48.5 Å². The number of carbonyl (C=O) groups is 2. The molecule has 4 aromatic rings. The molecule has 0 spiro atoms. The summed E-state index contributed by atoms with van der Waals surface area (Å²) < 4.78 is 116. The fourth-order valence-corrected chi connectivity index (χ4v) is 6.67. The van der Waals surface area contributed by atoms with Crippen molar-refractivity contribution in [2.45, 2.75) is 69.3 Å². The Balaban J connectivity index is 1.47. The Morgan fingerprint density at radius 1 is 1.06 bits per heavy atom. The second kappa shape index (κ2) is 13.0. The largest absolute Gasteiger partial charge is 0.435 e. The molecule has 0 bridgehead atoms. The second-order valence-electron chi connectivity index (χ2n) is 13.3. The van der Waals surface area contributed by atoms with Crippen LogP contribution in [0.3, 0.4) is 0 Å². The monoisotopic (exact) mass is 731 g/mol. The molecule has 2 aliphatic rings. The number of hydrogen-bond donors (Lipinski definition) is 3. The predicted molar refractivity (Wildman–Crippen MR) is 169 cm³/mol. The number of pyridine rings is 1. The van der Waals surface area contributed by atoms with E-state index in [0.717, 1.165) is 24.3 Å². The third-order valence-electron chi connectivity index (χ3n) is 8.97. The van der Waals surface area contributed by atoms with E-state index in [9.17, 15) is 41.0 Å². The normalized spacial score (nSPS) is 18.1. The summed E-state index contributed by atoms with van der Waals surface area (Å²) in [4.78, 5) is 30.2. The van der Waals surface area contributed by atoms with Crippen LogP contribution in [0.25, 0.3) is 11.1 Å². The summed E-state index contributed by atoms with van der Waals surface area (Å²) in [6.45, 7) is 1.69. The van der Waals surface area contributed by atoms with Crippen molar-refractivity contribution in [2.24, 2.45) is 11.7 Å². The van der Waals surface area contributed by atoms with Crippen LogP contribution in [-0.2, 0) is 29.9 Å². The van der Waals surface area contributed by atoms with Crippen LogP contribution in [-0.4, -0.2) is 37.3 Å². The number of hydrogen-bond acceptors (Lipinski definition) is 5. The number of carbonyl (C=O) groups excluding carboxylic acids is 2. The van der Waals surface area contributed by atoms with Crippen molar-refractivity contribution in [2.75, 3.05) is 0 Å². The van der Waals surface area contributed by atoms with Crippen LogP contribution < -0.4 is 11.1 Å². The maximum atomic E-state index is 15.5. The van der Waals surface area contributed by atoms with Crippen LogP contribution in [0.1, 0.15) is 82.9 Å². The fraction of sp³-hybridized carbons (Fsp3) is 0.333. The molecule has 2 heterocycles. The summed E-state index contributed by atoms with van der Waals surface area (Å²) in [5.41, 5.74) is 0.366. The summed E-state index contributed by atoms with van der Waals surface area (Å²) in [6, 6.07) is 7.22. The van der Waals surface area contributed by atoms with Gasteiger partial charge in [-0.25, -0.2) is 18.2 Å². The molecule has 2 amide bonds. The molecule has 52 heavy (non-hydrogen) atoms. The van der Waals surface area contributed by atoms with Gasteiger partial charge in [-0.2, -0.15) is 27.1 Å². The van der Waals surface area contributed by atoms with Crippen molar-refractivity contribution < 1.29 is 49.8 Å². The number of primary amides is 1. The van der Waals surface area contributed by atoms with Gasteiger partial charge in [-0.1, -0.05) is 12.0 Å². The topological polar surface area (TPSA) is 123 Å². The molecule has 3 atom stereocenters. The molecular formula is C36H29F8N5O3. The fourth-order valence-electron chi connectivity index (χ4n) is 6.67. The van der Waals surface area contributed by atoms with Crippen LogP contribution in [0.5, 0.6) is 0 Å². The highest BCUT2D eigenvalue weighted by Gasteiger charge is 2.63. The summed E-state index contributed by atoms with van der Waals surface area (Å²) in [7, 11) is 0. The lowest BCUT2D eigenvalue weighted by molar-refractivity contribution is -0.144. The van der Waals surface area contributed by atoms with E-state index in [1.54, 1.807) is 0 Å². The summed E-state index contributed by atoms with van der Waals surface area (Å²) in [5.74, 6) is -6.06. The number of nitrogens with one attached hydrogen (secondary N) is 1. The molecule has 4 N–H and O–H groups in total. The number of fused-ring (bicyclic) bond motifs is 3. The summed E-state index contributed by atoms with van der Waals surface area (Å²) in [5, 5.41) is 16.1. The molecule has 16 heteroatoms. The first kappa shape index (κ1) is 36.5. The average molecular weight is 732 g/mol. The number of alkyl halides is 5. The maximum Gasteiger partial charge on any atom is 0.435 e. The van der Waals surface area contributed by atoms with Crippen molar-refractivity contribution in [3.63, 3.8) is 0 Å². The quantitative estimate of drug-likeness (QED) is 0.145. The molecule has 0 aliphatic heterocycles. The number of nitrogens with zero attached hydrogens (tertiary/aromatic N) is 3. The SMILES string of the molecule is CC(C)(O)C#Cc1ccc(-c2ccc(F)c(C(N)=O)c2)c(C(Cc2cc(F)cc(F)c2)NC(=O)Cn2nc(C(F)(F)F)c3c2C(F)(F)C2CCC32)n1. The highest BCUT2D eigenvalue weighted by molar-refractivity contribution is 5.94. The van der Waals surface area contributed by atoms with Gasteiger partial charge in [0.25, 0.3) is 11.8 Å². The maximum absolute atomic E-state index is 15.5. The van der Waals surface area contributed by atoms with E-state index in [1.807, 2.05) is 0 Å². The molecule has 2 aromatic carbocycles. The first-order valence-corrected chi connectivity index (χ1v) is 15.9. The molecule has 272 valence electrons. The van der Waals surface area contributed by atoms with Gasteiger partial charge >= 0.3 is 6.18 Å². The first-order valence-electron chi connectivity index (χ1n) is 15.9. The van der Waals surface area contributed by atoms with Crippen molar-refractivity contribution in [3.05, 3.63) is 105 Å². The van der Waals surface area contributed by atoms with Crippen molar-refractivity contribution in [1.82, 2.24) is 20.1 Å². The minimum Gasteiger partial charge on any atom is -0.378 e. The van der Waals surface area contributed by atoms with E-state index >= 15 is 8.78 Å². The summed E-state index contributed by atoms with van der Waals surface area (Å²) >= 11 is 0. The molecule has 2 aromatic heterocycles. The molecule has 0 radical (unpaired) electrons. The van der Waals surface area contributed by atoms with Crippen molar-refractivity contribution in [1.29, 1.82) is 0 Å². The number of benzene rings is 2. The molecular weight excluding hydrogens is 702 g/mol. The molecule has 0 saturated heterocycles. The number of aliphatic hydroxyl groups is 1. The second-order valence-corrected chi connectivity index (χ2v) is 13.3. The van der Waals surface area contributed by atoms with E-state index in [2.05, 4.69) is 27.2 Å². The zero-order valence-corrected chi connectivity index (χ0v) is 27.4. The minimum atomic E-state index is -5.08. The molecule has 2 aliphatic carbocycles. The van der Waals surface area contributed by atoms with Gasteiger partial charge in [0.15, 0.2) is 5.69 Å². The number of nitrogens with two attached hydrogens (primary N) is 1. The average Bonchev–Trinajstić information content (AvgIpc) is 3.44. The Bertz CT molecular complexity index is 2140. The van der Waals surface area contributed by atoms with E-state index in [-0.39, 0.29) is 40.9 Å². The van der Waals surface area contributed by atoms with Gasteiger partial charge in [0.05, 0.1) is 17.3 Å². The van der Waals surface area contributed by atoms with Gasteiger partial charge in [-0.3, -0.25) is 14.3 Å². The predicted octanol–water partition coefficient (Wildman–Crippen LogP) is 6.30. The smallest absolute Gasteiger partial charge is 0.378 e. The van der Waals surface area contributed by atoms with E-state index in [0.29, 0.717) is 10.7 Å². The van der Waals surface area contributed by atoms with E-state index < -0.39 is 100 Å². The lowest BCUT2D eigenvalue weighted by Gasteiger charge is -2.34. The Morgan fingerprint density at radius 2 is 1.75 bits per heavy atom. The Hall–Kier alpha value is -5.30. The van der Waals surface area contributed by atoms with Crippen LogP contribution in [0.4, 0.5) is 35.1 Å². The number of aromatic nitrogens is 3. The molecule has 3 unspecified atom stereocenters. The third kappa shape index (κ3) is 7.09. The van der Waals surface area contributed by atoms with E-state index in [4.69, 9.17) is 5.73 Å². The van der Waals surface area contributed by atoms with Gasteiger partial charge < -0.3 is 16.2 Å². The third-order valence-corrected chi connectivity index (χ3v) is 8.97. The minimum absolute atomic E-state index is 0.00982. The van der Waals surface area contributed by atoms with Crippen LogP contribution in [0.2, 0.25) is 0 Å². The number of halogens is 8. The van der Waals surface area contributed by atoms with Crippen molar-refractivity contribution in [3.8, 4) is 23.0 Å². The molecule has 1 fully saturated rings. The molecule has 1 saturated carbocycles. The Kier molecular flexibility index (Phi) is 9.15. The number of amides is 2. The van der Waals surface area contributed by atoms with Gasteiger partial charge in [-0.05, 0) is 92.5 Å². The van der Waals surface area contributed by atoms with Gasteiger partial charge in [0.1, 0.15) is 41.0 Å². The Morgan fingerprint density at radius 3 is 2.35 bits per heavy atom. The molecule has 8 nitrogen and oxygen atoms in total. The highest BCUT2D eigenvalue weighted by atomic mass is 19.4. The lowest BCUT2D eigenvalue weighted by atomic mass is 9.73. The lowest BCUT2D eigenvalue weighted by Crippen LogP contribution is -2.36. The first-order chi connectivity index (χ1) is 24.2. The zero-order valence-electron chi connectivity index (χ0n) is 27.4. The highest BCUT2D eigenvalue weighted by Crippen LogP contribution is 2.64. The standard InChI is InChI=1S/C36H29F8N5O3/c1-34(2,52)10-9-21-4-5-22(18-3-8-26(39)24(14-18)33(45)51)30(46-21)27(13-17-11-19(37)15-20(38)12-17)47-28(50)16-49-32-29(31(48-49)36(42,43)44)23-6-7-25(23)35(32,40)41/h3-5,8,11-12,14-15,23,25,27,52H,6-7,13,16H2,1-2H3,(H2,45,51)(H,47,50). The summed E-state index contributed by atoms with van der Waals surface area (Å²) in [6.07, 6.45) is -5.41. The van der Waals surface area contributed by atoms with Crippen LogP contribution >= 0.6 is 0 Å². The van der Waals surface area contributed by atoms with Gasteiger partial charge in [0, 0.05) is 23.1 Å². The Labute approximate surface area is 291 Å². The van der Waals surface area contributed by atoms with E-state index in [1.165, 1.54) is 32.0 Å². The zero-order chi connectivity index (χ0) is 37.9. The van der Waals surface area contributed by atoms with Gasteiger partial charge in [-0.15, -0.1) is 0 Å². The van der Waals surface area contributed by atoms with Crippen molar-refractivity contribution >= 4 is 11.8 Å². The molecule has 6 rings (SSSR count). The van der Waals surface area contributed by atoms with Gasteiger partial charge in [0.2, 0.25) is 5.91 Å². The number of rotatable bonds is 8. The van der Waals surface area contributed by atoms with Crippen LogP contribution in [0, 0.1) is 35.2 Å².